The summed E-state index contributed by atoms with van der Waals surface area (Å²) in [6.07, 6.45) is 10.9. The van der Waals surface area contributed by atoms with Gasteiger partial charge in [0.1, 0.15) is 0 Å². The summed E-state index contributed by atoms with van der Waals surface area (Å²) in [5.41, 5.74) is 1.85. The van der Waals surface area contributed by atoms with E-state index in [-0.39, 0.29) is 0 Å². The average Bonchev–Trinajstić information content (AvgIpc) is 3.23. The zero-order chi connectivity index (χ0) is 20.1. The molecule has 0 aromatic heterocycles. The van der Waals surface area contributed by atoms with Crippen molar-refractivity contribution in [3.05, 3.63) is 35.9 Å². The van der Waals surface area contributed by atoms with Gasteiger partial charge in [-0.15, -0.1) is 0 Å². The SMILES string of the molecule is CN=C(NC1CC2CCC(C1)N2Cc1ccccc1)NC1C2CCOC2C12CCC2. The minimum atomic E-state index is 0.400. The summed E-state index contributed by atoms with van der Waals surface area (Å²) in [5.74, 6) is 1.71. The Balaban J connectivity index is 1.08. The largest absolute Gasteiger partial charge is 0.377 e. The molecule has 3 heterocycles. The van der Waals surface area contributed by atoms with Crippen molar-refractivity contribution in [2.45, 2.75) is 88.2 Å². The first-order valence-corrected chi connectivity index (χ1v) is 12.2. The van der Waals surface area contributed by atoms with Gasteiger partial charge in [0, 0.05) is 55.7 Å². The van der Waals surface area contributed by atoms with Gasteiger partial charge >= 0.3 is 0 Å². The topological polar surface area (TPSA) is 48.9 Å². The van der Waals surface area contributed by atoms with Crippen LogP contribution in [0.25, 0.3) is 0 Å². The first kappa shape index (κ1) is 19.1. The predicted molar refractivity (Wildman–Crippen MR) is 119 cm³/mol. The van der Waals surface area contributed by atoms with Gasteiger partial charge in [-0.2, -0.15) is 0 Å². The Bertz CT molecular complexity index is 778. The molecular formula is C25H36N4O. The summed E-state index contributed by atoms with van der Waals surface area (Å²) in [7, 11) is 1.93. The molecule has 2 aliphatic carbocycles. The number of benzene rings is 1. The standard InChI is InChI=1S/C25H36N4O/c1-26-24(28-22-21-10-13-30-23(21)25(22)11-5-12-25)27-18-14-19-8-9-20(15-18)29(19)16-17-6-3-2-4-7-17/h2-4,6-7,18-23H,5,8-16H2,1H3,(H2,26,27,28). The molecule has 0 amide bonds. The van der Waals surface area contributed by atoms with Crippen LogP contribution in [0.2, 0.25) is 0 Å². The maximum absolute atomic E-state index is 6.10. The third-order valence-corrected chi connectivity index (χ3v) is 8.99. The van der Waals surface area contributed by atoms with Crippen LogP contribution in [-0.4, -0.2) is 54.8 Å². The molecule has 1 aromatic rings. The predicted octanol–water partition coefficient (Wildman–Crippen LogP) is 3.30. The minimum Gasteiger partial charge on any atom is -0.377 e. The number of piperidine rings is 1. The van der Waals surface area contributed by atoms with Crippen LogP contribution in [-0.2, 0) is 11.3 Å². The zero-order valence-corrected chi connectivity index (χ0v) is 18.2. The Morgan fingerprint density at radius 1 is 1.10 bits per heavy atom. The number of nitrogens with zero attached hydrogens (tertiary/aromatic N) is 2. The fourth-order valence-electron chi connectivity index (χ4n) is 7.41. The van der Waals surface area contributed by atoms with Crippen molar-refractivity contribution in [3.8, 4) is 0 Å². The lowest BCUT2D eigenvalue weighted by atomic mass is 9.46. The van der Waals surface area contributed by atoms with E-state index in [9.17, 15) is 0 Å². The highest BCUT2D eigenvalue weighted by Crippen LogP contribution is 2.62. The molecule has 2 N–H and O–H groups in total. The third kappa shape index (κ3) is 3.00. The van der Waals surface area contributed by atoms with Gasteiger partial charge in [-0.1, -0.05) is 36.8 Å². The highest BCUT2D eigenvalue weighted by Gasteiger charge is 2.66. The summed E-state index contributed by atoms with van der Waals surface area (Å²) >= 11 is 0. The number of fused-ring (bicyclic) bond motifs is 4. The molecule has 162 valence electrons. The fraction of sp³-hybridized carbons (Fsp3) is 0.720. The smallest absolute Gasteiger partial charge is 0.191 e. The number of aliphatic imine (C=N–C) groups is 1. The molecule has 5 nitrogen and oxygen atoms in total. The summed E-state index contributed by atoms with van der Waals surface area (Å²) in [5, 5.41) is 7.69. The molecule has 6 rings (SSSR count). The van der Waals surface area contributed by atoms with E-state index in [4.69, 9.17) is 4.74 Å². The molecular weight excluding hydrogens is 372 g/mol. The Kier molecular flexibility index (Phi) is 4.80. The number of hydrogen-bond acceptors (Lipinski definition) is 3. The number of hydrogen-bond donors (Lipinski definition) is 2. The number of guanidine groups is 1. The first-order valence-electron chi connectivity index (χ1n) is 12.2. The average molecular weight is 409 g/mol. The van der Waals surface area contributed by atoms with Crippen molar-refractivity contribution < 1.29 is 4.74 Å². The van der Waals surface area contributed by atoms with Crippen molar-refractivity contribution in [3.63, 3.8) is 0 Å². The van der Waals surface area contributed by atoms with E-state index in [1.807, 2.05) is 7.05 Å². The van der Waals surface area contributed by atoms with Crippen LogP contribution >= 0.6 is 0 Å². The second kappa shape index (κ2) is 7.52. The number of rotatable bonds is 4. The van der Waals surface area contributed by atoms with E-state index in [1.54, 1.807) is 0 Å². The fourth-order valence-corrected chi connectivity index (χ4v) is 7.41. The van der Waals surface area contributed by atoms with Gasteiger partial charge in [-0.25, -0.2) is 0 Å². The van der Waals surface area contributed by atoms with Gasteiger partial charge in [0.05, 0.1) is 6.10 Å². The number of nitrogens with one attached hydrogen (secondary N) is 2. The molecule has 1 aromatic carbocycles. The molecule has 30 heavy (non-hydrogen) atoms. The Hall–Kier alpha value is -1.59. The van der Waals surface area contributed by atoms with Crippen LogP contribution in [0.15, 0.2) is 35.3 Å². The van der Waals surface area contributed by atoms with Crippen LogP contribution < -0.4 is 10.6 Å². The molecule has 5 heteroatoms. The number of ether oxygens (including phenoxy) is 1. The van der Waals surface area contributed by atoms with E-state index in [0.717, 1.165) is 19.1 Å². The van der Waals surface area contributed by atoms with Crippen molar-refractivity contribution in [1.82, 2.24) is 15.5 Å². The lowest BCUT2D eigenvalue weighted by Crippen LogP contribution is -2.72. The lowest BCUT2D eigenvalue weighted by Gasteiger charge is -2.63. The Morgan fingerprint density at radius 2 is 1.87 bits per heavy atom. The summed E-state index contributed by atoms with van der Waals surface area (Å²) in [6, 6.07) is 13.5. The molecule has 5 aliphatic rings. The molecule has 5 fully saturated rings. The maximum atomic E-state index is 6.10. The highest BCUT2D eigenvalue weighted by atomic mass is 16.5. The van der Waals surface area contributed by atoms with E-state index < -0.39 is 0 Å². The van der Waals surface area contributed by atoms with Gasteiger partial charge in [0.25, 0.3) is 0 Å². The van der Waals surface area contributed by atoms with Gasteiger partial charge < -0.3 is 15.4 Å². The van der Waals surface area contributed by atoms with Crippen LogP contribution in [0.4, 0.5) is 0 Å². The van der Waals surface area contributed by atoms with Gasteiger partial charge in [-0.05, 0) is 50.5 Å². The zero-order valence-electron chi connectivity index (χ0n) is 18.2. The third-order valence-electron chi connectivity index (χ3n) is 8.99. The van der Waals surface area contributed by atoms with Crippen molar-refractivity contribution >= 4 is 5.96 Å². The normalized spacial score (nSPS) is 39.3. The molecule has 2 bridgehead atoms. The summed E-state index contributed by atoms with van der Waals surface area (Å²) in [6.45, 7) is 2.05. The van der Waals surface area contributed by atoms with Gasteiger partial charge in [0.15, 0.2) is 5.96 Å². The summed E-state index contributed by atoms with van der Waals surface area (Å²) < 4.78 is 6.10. The monoisotopic (exact) mass is 408 g/mol. The van der Waals surface area contributed by atoms with Gasteiger partial charge in [0.2, 0.25) is 0 Å². The van der Waals surface area contributed by atoms with Gasteiger partial charge in [-0.3, -0.25) is 9.89 Å². The second-order valence-corrected chi connectivity index (χ2v) is 10.4. The molecule has 3 saturated heterocycles. The quantitative estimate of drug-likeness (QED) is 0.593. The van der Waals surface area contributed by atoms with Crippen LogP contribution in [0, 0.1) is 11.3 Å². The Labute approximate surface area is 180 Å². The van der Waals surface area contributed by atoms with E-state index in [1.165, 1.54) is 56.9 Å². The molecule has 2 saturated carbocycles. The van der Waals surface area contributed by atoms with E-state index >= 15 is 0 Å². The summed E-state index contributed by atoms with van der Waals surface area (Å²) in [4.78, 5) is 7.40. The molecule has 3 aliphatic heterocycles. The molecule has 1 spiro atoms. The van der Waals surface area contributed by atoms with E-state index in [2.05, 4.69) is 50.9 Å². The van der Waals surface area contributed by atoms with Crippen LogP contribution in [0.5, 0.6) is 0 Å². The van der Waals surface area contributed by atoms with Crippen LogP contribution in [0.1, 0.15) is 56.9 Å². The second-order valence-electron chi connectivity index (χ2n) is 10.4. The van der Waals surface area contributed by atoms with Crippen molar-refractivity contribution in [1.29, 1.82) is 0 Å². The highest BCUT2D eigenvalue weighted by molar-refractivity contribution is 5.80. The molecule has 5 unspecified atom stereocenters. The molecule has 0 radical (unpaired) electrons. The Morgan fingerprint density at radius 3 is 2.53 bits per heavy atom. The van der Waals surface area contributed by atoms with Crippen LogP contribution in [0.3, 0.4) is 0 Å². The van der Waals surface area contributed by atoms with Crippen molar-refractivity contribution in [2.24, 2.45) is 16.3 Å². The van der Waals surface area contributed by atoms with Crippen molar-refractivity contribution in [2.75, 3.05) is 13.7 Å². The molecule has 5 atom stereocenters. The van der Waals surface area contributed by atoms with E-state index in [0.29, 0.717) is 41.6 Å². The first-order chi connectivity index (χ1) is 14.8. The maximum Gasteiger partial charge on any atom is 0.191 e. The minimum absolute atomic E-state index is 0.400. The lowest BCUT2D eigenvalue weighted by molar-refractivity contribution is -0.171.